The molecule has 0 radical (unpaired) electrons. The number of rotatable bonds is 4. The molecule has 2 N–H and O–H groups in total. The SMILES string of the molecule is CC.Cc1cc(C(N)=O)sc1-c1ccc(S(=O)C2CCCCC2)cc1. The van der Waals surface area contributed by atoms with Crippen molar-refractivity contribution in [1.82, 2.24) is 0 Å². The Hall–Kier alpha value is -1.46. The predicted octanol–water partition coefficient (Wildman–Crippen LogP) is 5.29. The summed E-state index contributed by atoms with van der Waals surface area (Å²) in [6, 6.07) is 9.75. The minimum Gasteiger partial charge on any atom is -0.365 e. The van der Waals surface area contributed by atoms with Crippen LogP contribution in [0.25, 0.3) is 10.4 Å². The van der Waals surface area contributed by atoms with E-state index in [4.69, 9.17) is 5.73 Å². The highest BCUT2D eigenvalue weighted by Crippen LogP contribution is 2.33. The quantitative estimate of drug-likeness (QED) is 0.787. The monoisotopic (exact) mass is 377 g/mol. The maximum absolute atomic E-state index is 12.7. The fourth-order valence-corrected chi connectivity index (χ4v) is 5.68. The summed E-state index contributed by atoms with van der Waals surface area (Å²) in [4.78, 5) is 13.8. The van der Waals surface area contributed by atoms with E-state index >= 15 is 0 Å². The number of benzene rings is 1. The highest BCUT2D eigenvalue weighted by Gasteiger charge is 2.21. The molecule has 1 amide bonds. The average Bonchev–Trinajstić information content (AvgIpc) is 3.06. The molecule has 5 heteroatoms. The van der Waals surface area contributed by atoms with Crippen molar-refractivity contribution in [3.63, 3.8) is 0 Å². The topological polar surface area (TPSA) is 60.2 Å². The minimum absolute atomic E-state index is 0.305. The maximum atomic E-state index is 12.7. The van der Waals surface area contributed by atoms with E-state index in [-0.39, 0.29) is 5.91 Å². The normalized spacial score (nSPS) is 16.0. The van der Waals surface area contributed by atoms with Gasteiger partial charge in [0.1, 0.15) is 0 Å². The fourth-order valence-electron chi connectivity index (χ4n) is 3.10. The van der Waals surface area contributed by atoms with Gasteiger partial charge in [-0.15, -0.1) is 11.3 Å². The van der Waals surface area contributed by atoms with Crippen molar-refractivity contribution in [3.8, 4) is 10.4 Å². The maximum Gasteiger partial charge on any atom is 0.258 e. The third-order valence-corrected chi connectivity index (χ3v) is 7.48. The van der Waals surface area contributed by atoms with Crippen LogP contribution >= 0.6 is 11.3 Å². The van der Waals surface area contributed by atoms with E-state index in [9.17, 15) is 9.00 Å². The highest BCUT2D eigenvalue weighted by atomic mass is 32.2. The molecule has 0 aliphatic heterocycles. The molecule has 1 heterocycles. The number of thiophene rings is 1. The smallest absolute Gasteiger partial charge is 0.258 e. The average molecular weight is 378 g/mol. The first-order valence-electron chi connectivity index (χ1n) is 8.97. The van der Waals surface area contributed by atoms with Gasteiger partial charge in [-0.05, 0) is 49.1 Å². The van der Waals surface area contributed by atoms with Gasteiger partial charge in [0, 0.05) is 15.0 Å². The summed E-state index contributed by atoms with van der Waals surface area (Å²) in [5.41, 5.74) is 7.44. The van der Waals surface area contributed by atoms with Crippen LogP contribution < -0.4 is 5.73 Å². The molecular weight excluding hydrogens is 350 g/mol. The van der Waals surface area contributed by atoms with Crippen molar-refractivity contribution in [2.45, 2.75) is 63.0 Å². The van der Waals surface area contributed by atoms with E-state index in [2.05, 4.69) is 0 Å². The van der Waals surface area contributed by atoms with Crippen LogP contribution in [0.5, 0.6) is 0 Å². The lowest BCUT2D eigenvalue weighted by Gasteiger charge is -2.20. The van der Waals surface area contributed by atoms with E-state index in [0.29, 0.717) is 10.1 Å². The molecule has 3 nitrogen and oxygen atoms in total. The van der Waals surface area contributed by atoms with Crippen LogP contribution in [0.2, 0.25) is 0 Å². The van der Waals surface area contributed by atoms with Gasteiger partial charge < -0.3 is 5.73 Å². The Morgan fingerprint density at radius 1 is 1.12 bits per heavy atom. The van der Waals surface area contributed by atoms with Gasteiger partial charge in [0.2, 0.25) is 0 Å². The number of nitrogens with two attached hydrogens (primary N) is 1. The first-order chi connectivity index (χ1) is 12.1. The Morgan fingerprint density at radius 2 is 1.72 bits per heavy atom. The molecular formula is C20H27NO2S2. The number of primary amides is 1. The number of hydrogen-bond acceptors (Lipinski definition) is 3. The zero-order chi connectivity index (χ0) is 18.4. The molecule has 1 fully saturated rings. The van der Waals surface area contributed by atoms with Crippen molar-refractivity contribution in [2.75, 3.05) is 0 Å². The van der Waals surface area contributed by atoms with Gasteiger partial charge in [0.25, 0.3) is 5.91 Å². The van der Waals surface area contributed by atoms with Gasteiger partial charge in [0.15, 0.2) is 0 Å². The molecule has 2 aromatic rings. The minimum atomic E-state index is -0.913. The Bertz CT molecular complexity index is 729. The van der Waals surface area contributed by atoms with Gasteiger partial charge in [-0.1, -0.05) is 45.2 Å². The molecule has 0 spiro atoms. The third kappa shape index (κ3) is 4.79. The number of carbonyl (C=O) groups excluding carboxylic acids is 1. The summed E-state index contributed by atoms with van der Waals surface area (Å²) in [5, 5.41) is 0.305. The summed E-state index contributed by atoms with van der Waals surface area (Å²) in [7, 11) is -0.913. The van der Waals surface area contributed by atoms with Crippen LogP contribution in [0.1, 0.15) is 61.2 Å². The zero-order valence-electron chi connectivity index (χ0n) is 15.2. The van der Waals surface area contributed by atoms with E-state index in [0.717, 1.165) is 33.7 Å². The summed E-state index contributed by atoms with van der Waals surface area (Å²) < 4.78 is 12.7. The van der Waals surface area contributed by atoms with Gasteiger partial charge in [-0.3, -0.25) is 9.00 Å². The first kappa shape index (κ1) is 19.9. The molecule has 1 aromatic heterocycles. The van der Waals surface area contributed by atoms with Crippen LogP contribution in [-0.4, -0.2) is 15.4 Å². The lowest BCUT2D eigenvalue weighted by molar-refractivity contribution is 0.100. The second kappa shape index (κ2) is 9.30. The van der Waals surface area contributed by atoms with Crippen LogP contribution in [-0.2, 0) is 10.8 Å². The summed E-state index contributed by atoms with van der Waals surface area (Å²) >= 11 is 1.41. The van der Waals surface area contributed by atoms with Gasteiger partial charge in [-0.25, -0.2) is 0 Å². The molecule has 1 atom stereocenters. The van der Waals surface area contributed by atoms with E-state index in [1.54, 1.807) is 0 Å². The molecule has 1 aromatic carbocycles. The van der Waals surface area contributed by atoms with Crippen LogP contribution in [0.15, 0.2) is 35.2 Å². The lowest BCUT2D eigenvalue weighted by Crippen LogP contribution is -2.18. The summed E-state index contributed by atoms with van der Waals surface area (Å²) in [6.07, 6.45) is 5.80. The summed E-state index contributed by atoms with van der Waals surface area (Å²) in [5.74, 6) is -0.389. The van der Waals surface area contributed by atoms with Gasteiger partial charge >= 0.3 is 0 Å². The second-order valence-electron chi connectivity index (χ2n) is 6.07. The largest absolute Gasteiger partial charge is 0.365 e. The number of aryl methyl sites for hydroxylation is 1. The van der Waals surface area contributed by atoms with E-state index in [1.807, 2.05) is 51.1 Å². The number of carbonyl (C=O) groups is 1. The Balaban J connectivity index is 0.00000109. The Morgan fingerprint density at radius 3 is 2.24 bits per heavy atom. The van der Waals surface area contributed by atoms with Gasteiger partial charge in [0.05, 0.1) is 15.7 Å². The van der Waals surface area contributed by atoms with E-state index < -0.39 is 10.8 Å². The van der Waals surface area contributed by atoms with Crippen molar-refractivity contribution in [1.29, 1.82) is 0 Å². The predicted molar refractivity (Wildman–Crippen MR) is 108 cm³/mol. The molecule has 1 unspecified atom stereocenters. The van der Waals surface area contributed by atoms with Crippen LogP contribution in [0.3, 0.4) is 0 Å². The standard InChI is InChI=1S/C18H21NO2S2.C2H6/c1-12-11-16(18(19)20)22-17(12)13-7-9-15(10-8-13)23(21)14-5-3-2-4-6-14;1-2/h7-11,14H,2-6H2,1H3,(H2,19,20);1-2H3. The lowest BCUT2D eigenvalue weighted by atomic mass is 10.0. The zero-order valence-corrected chi connectivity index (χ0v) is 16.8. The fraction of sp³-hybridized carbons (Fsp3) is 0.450. The molecule has 1 aliphatic carbocycles. The van der Waals surface area contributed by atoms with E-state index in [1.165, 1.54) is 30.6 Å². The molecule has 1 saturated carbocycles. The molecule has 136 valence electrons. The first-order valence-corrected chi connectivity index (χ1v) is 11.0. The summed E-state index contributed by atoms with van der Waals surface area (Å²) in [6.45, 7) is 5.98. The van der Waals surface area contributed by atoms with Gasteiger partial charge in [-0.2, -0.15) is 0 Å². The number of amides is 1. The molecule has 0 bridgehead atoms. The van der Waals surface area contributed by atoms with Crippen molar-refractivity contribution >= 4 is 28.0 Å². The molecule has 3 rings (SSSR count). The van der Waals surface area contributed by atoms with Crippen LogP contribution in [0, 0.1) is 6.92 Å². The third-order valence-electron chi connectivity index (χ3n) is 4.36. The molecule has 1 aliphatic rings. The Kier molecular flexibility index (Phi) is 7.38. The second-order valence-corrected chi connectivity index (χ2v) is 8.85. The highest BCUT2D eigenvalue weighted by molar-refractivity contribution is 7.85. The molecule has 0 saturated heterocycles. The Labute approximate surface area is 157 Å². The molecule has 25 heavy (non-hydrogen) atoms. The van der Waals surface area contributed by atoms with Crippen molar-refractivity contribution in [3.05, 3.63) is 40.8 Å². The van der Waals surface area contributed by atoms with Crippen molar-refractivity contribution < 1.29 is 9.00 Å². The van der Waals surface area contributed by atoms with Crippen molar-refractivity contribution in [2.24, 2.45) is 5.73 Å². The van der Waals surface area contributed by atoms with Crippen LogP contribution in [0.4, 0.5) is 0 Å². The number of hydrogen-bond donors (Lipinski definition) is 1.